The van der Waals surface area contributed by atoms with Crippen LogP contribution in [0.5, 0.6) is 0 Å². The highest BCUT2D eigenvalue weighted by molar-refractivity contribution is 7.88. The summed E-state index contributed by atoms with van der Waals surface area (Å²) in [5, 5.41) is 14.8. The van der Waals surface area contributed by atoms with Crippen LogP contribution in [-0.4, -0.2) is 58.8 Å². The van der Waals surface area contributed by atoms with Crippen LogP contribution in [0.1, 0.15) is 30.1 Å². The number of hydrogen-bond donors (Lipinski definition) is 2. The molecule has 1 aliphatic rings. The summed E-state index contributed by atoms with van der Waals surface area (Å²) in [5.74, 6) is 2.26. The molecule has 2 N–H and O–H groups in total. The van der Waals surface area contributed by atoms with Gasteiger partial charge in [0.15, 0.2) is 11.8 Å². The van der Waals surface area contributed by atoms with E-state index in [9.17, 15) is 8.42 Å². The van der Waals surface area contributed by atoms with Crippen LogP contribution in [0.25, 0.3) is 0 Å². The van der Waals surface area contributed by atoms with Crippen LogP contribution in [0.4, 0.5) is 0 Å². The second-order valence-electron chi connectivity index (χ2n) is 7.28. The SMILES string of the molecule is Cc1nnc(CNC(=NCc2ccccc2)NC[C@H]2CCCN2S(C)(=O)=O)n1C. The second kappa shape index (κ2) is 9.36. The lowest BCUT2D eigenvalue weighted by Crippen LogP contribution is -2.46. The van der Waals surface area contributed by atoms with Gasteiger partial charge < -0.3 is 15.2 Å². The summed E-state index contributed by atoms with van der Waals surface area (Å²) in [5.41, 5.74) is 1.10. The standard InChI is InChI=1S/C19H29N7O2S/c1-15-23-24-18(25(15)2)14-22-19(20-12-16-8-5-4-6-9-16)21-13-17-10-7-11-26(17)29(3,27)28/h4-6,8-9,17H,7,10-14H2,1-3H3,(H2,20,21,22)/t17-/m1/s1. The van der Waals surface area contributed by atoms with Crippen LogP contribution in [0.2, 0.25) is 0 Å². The molecule has 0 bridgehead atoms. The maximum absolute atomic E-state index is 12.0. The average molecular weight is 420 g/mol. The number of nitrogens with one attached hydrogen (secondary N) is 2. The third kappa shape index (κ3) is 5.77. The van der Waals surface area contributed by atoms with Gasteiger partial charge in [0, 0.05) is 26.2 Å². The molecule has 2 heterocycles. The Bertz CT molecular complexity index is 941. The Kier molecular flexibility index (Phi) is 6.86. The van der Waals surface area contributed by atoms with Crippen molar-refractivity contribution < 1.29 is 8.42 Å². The van der Waals surface area contributed by atoms with Gasteiger partial charge in [-0.3, -0.25) is 0 Å². The summed E-state index contributed by atoms with van der Waals surface area (Å²) in [6.07, 6.45) is 2.99. The summed E-state index contributed by atoms with van der Waals surface area (Å²) < 4.78 is 27.5. The first-order chi connectivity index (χ1) is 13.8. The van der Waals surface area contributed by atoms with Gasteiger partial charge in [-0.2, -0.15) is 4.31 Å². The van der Waals surface area contributed by atoms with E-state index >= 15 is 0 Å². The largest absolute Gasteiger partial charge is 0.355 e. The highest BCUT2D eigenvalue weighted by Crippen LogP contribution is 2.19. The van der Waals surface area contributed by atoms with E-state index in [0.29, 0.717) is 32.1 Å². The van der Waals surface area contributed by atoms with Crippen LogP contribution in [-0.2, 0) is 30.2 Å². The number of benzene rings is 1. The first-order valence-corrected chi connectivity index (χ1v) is 11.6. The molecule has 0 saturated carbocycles. The Hall–Kier alpha value is -2.46. The topological polar surface area (TPSA) is 105 Å². The summed E-state index contributed by atoms with van der Waals surface area (Å²) in [7, 11) is -1.28. The monoisotopic (exact) mass is 419 g/mol. The molecule has 0 aliphatic carbocycles. The number of guanidine groups is 1. The number of aryl methyl sites for hydroxylation is 1. The van der Waals surface area contributed by atoms with Gasteiger partial charge in [-0.05, 0) is 25.3 Å². The molecular formula is C19H29N7O2S. The minimum absolute atomic E-state index is 0.0641. The molecule has 9 nitrogen and oxygen atoms in total. The molecule has 0 spiro atoms. The number of hydrogen-bond acceptors (Lipinski definition) is 5. The molecular weight excluding hydrogens is 390 g/mol. The summed E-state index contributed by atoms with van der Waals surface area (Å²) in [4.78, 5) is 4.66. The molecule has 0 amide bonds. The van der Waals surface area contributed by atoms with Gasteiger partial charge in [0.05, 0.1) is 19.3 Å². The number of aliphatic imine (C=N–C) groups is 1. The Morgan fingerprint density at radius 3 is 2.66 bits per heavy atom. The maximum atomic E-state index is 12.0. The Labute approximate surface area is 172 Å². The molecule has 10 heteroatoms. The number of aromatic nitrogens is 3. The zero-order chi connectivity index (χ0) is 20.9. The smallest absolute Gasteiger partial charge is 0.211 e. The molecule has 0 unspecified atom stereocenters. The van der Waals surface area contributed by atoms with E-state index in [1.165, 1.54) is 6.26 Å². The molecule has 1 aromatic heterocycles. The summed E-state index contributed by atoms with van der Waals surface area (Å²) in [6, 6.07) is 9.92. The molecule has 2 aromatic rings. The quantitative estimate of drug-likeness (QED) is 0.508. The highest BCUT2D eigenvalue weighted by Gasteiger charge is 2.31. The van der Waals surface area contributed by atoms with Crippen molar-refractivity contribution in [3.63, 3.8) is 0 Å². The van der Waals surface area contributed by atoms with Gasteiger partial charge in [-0.15, -0.1) is 10.2 Å². The fraction of sp³-hybridized carbons (Fsp3) is 0.526. The third-order valence-corrected chi connectivity index (χ3v) is 6.45. The zero-order valence-electron chi connectivity index (χ0n) is 17.2. The predicted octanol–water partition coefficient (Wildman–Crippen LogP) is 0.783. The first kappa shape index (κ1) is 21.3. The highest BCUT2D eigenvalue weighted by atomic mass is 32.2. The lowest BCUT2D eigenvalue weighted by molar-refractivity contribution is 0.387. The molecule has 0 radical (unpaired) electrons. The van der Waals surface area contributed by atoms with Crippen molar-refractivity contribution in [2.24, 2.45) is 12.0 Å². The van der Waals surface area contributed by atoms with Crippen molar-refractivity contribution in [1.29, 1.82) is 0 Å². The fourth-order valence-electron chi connectivity index (χ4n) is 3.36. The maximum Gasteiger partial charge on any atom is 0.211 e. The molecule has 3 rings (SSSR count). The van der Waals surface area contributed by atoms with E-state index in [2.05, 4.69) is 25.8 Å². The molecule has 1 atom stereocenters. The van der Waals surface area contributed by atoms with Gasteiger partial charge >= 0.3 is 0 Å². The number of sulfonamides is 1. The predicted molar refractivity (Wildman–Crippen MR) is 113 cm³/mol. The van der Waals surface area contributed by atoms with Crippen LogP contribution in [0.3, 0.4) is 0 Å². The molecule has 1 fully saturated rings. The van der Waals surface area contributed by atoms with Gasteiger partial charge in [-0.25, -0.2) is 13.4 Å². The molecule has 1 aromatic carbocycles. The Morgan fingerprint density at radius 1 is 1.24 bits per heavy atom. The van der Waals surface area contributed by atoms with Crippen LogP contribution < -0.4 is 10.6 Å². The van der Waals surface area contributed by atoms with Gasteiger partial charge in [0.25, 0.3) is 0 Å². The first-order valence-electron chi connectivity index (χ1n) is 9.72. The van der Waals surface area contributed by atoms with Gasteiger partial charge in [0.1, 0.15) is 5.82 Å². The van der Waals surface area contributed by atoms with Crippen molar-refractivity contribution in [3.8, 4) is 0 Å². The van der Waals surface area contributed by atoms with Crippen molar-refractivity contribution in [1.82, 2.24) is 29.7 Å². The lowest BCUT2D eigenvalue weighted by Gasteiger charge is -2.23. The van der Waals surface area contributed by atoms with Crippen LogP contribution >= 0.6 is 0 Å². The Balaban J connectivity index is 1.67. The van der Waals surface area contributed by atoms with Crippen LogP contribution in [0, 0.1) is 6.92 Å². The fourth-order valence-corrected chi connectivity index (χ4v) is 4.54. The summed E-state index contributed by atoms with van der Waals surface area (Å²) in [6.45, 7) is 3.98. The van der Waals surface area contributed by atoms with Crippen molar-refractivity contribution in [3.05, 3.63) is 47.5 Å². The van der Waals surface area contributed by atoms with E-state index in [4.69, 9.17) is 0 Å². The molecule has 1 saturated heterocycles. The van der Waals surface area contributed by atoms with E-state index < -0.39 is 10.0 Å². The minimum atomic E-state index is -3.20. The molecule has 29 heavy (non-hydrogen) atoms. The average Bonchev–Trinajstić information content (AvgIpc) is 3.30. The van der Waals surface area contributed by atoms with Crippen LogP contribution in [0.15, 0.2) is 35.3 Å². The lowest BCUT2D eigenvalue weighted by atomic mass is 10.2. The number of nitrogens with zero attached hydrogens (tertiary/aromatic N) is 5. The number of rotatable bonds is 7. The van der Waals surface area contributed by atoms with Crippen molar-refractivity contribution >= 4 is 16.0 Å². The zero-order valence-corrected chi connectivity index (χ0v) is 18.0. The third-order valence-electron chi connectivity index (χ3n) is 5.11. The minimum Gasteiger partial charge on any atom is -0.355 e. The van der Waals surface area contributed by atoms with Gasteiger partial charge in [-0.1, -0.05) is 30.3 Å². The van der Waals surface area contributed by atoms with Gasteiger partial charge in [0.2, 0.25) is 10.0 Å². The molecule has 1 aliphatic heterocycles. The van der Waals surface area contributed by atoms with E-state index in [1.807, 2.05) is 48.9 Å². The van der Waals surface area contributed by atoms with Crippen molar-refractivity contribution in [2.75, 3.05) is 19.3 Å². The Morgan fingerprint density at radius 2 is 2.00 bits per heavy atom. The van der Waals surface area contributed by atoms with E-state index in [1.54, 1.807) is 4.31 Å². The second-order valence-corrected chi connectivity index (χ2v) is 9.21. The van der Waals surface area contributed by atoms with E-state index in [0.717, 1.165) is 30.1 Å². The van der Waals surface area contributed by atoms with E-state index in [-0.39, 0.29) is 6.04 Å². The molecule has 158 valence electrons. The summed E-state index contributed by atoms with van der Waals surface area (Å²) >= 11 is 0. The normalized spacial score (nSPS) is 18.2. The van der Waals surface area contributed by atoms with Crippen molar-refractivity contribution in [2.45, 2.75) is 38.9 Å².